The molecule has 17 heavy (non-hydrogen) atoms. The van der Waals surface area contributed by atoms with Gasteiger partial charge in [0.05, 0.1) is 4.92 Å². The summed E-state index contributed by atoms with van der Waals surface area (Å²) in [4.78, 5) is 14.6. The molecular formula is C12H17ClN2O2. The lowest BCUT2D eigenvalue weighted by Gasteiger charge is -2.22. The summed E-state index contributed by atoms with van der Waals surface area (Å²) in [5.74, 6) is 0.451. The van der Waals surface area contributed by atoms with Gasteiger partial charge in [0.1, 0.15) is 5.69 Å². The molecule has 94 valence electrons. The monoisotopic (exact) mass is 256 g/mol. The highest BCUT2D eigenvalue weighted by Gasteiger charge is 2.24. The Labute approximate surface area is 106 Å². The fourth-order valence-electron chi connectivity index (χ4n) is 2.06. The summed E-state index contributed by atoms with van der Waals surface area (Å²) in [7, 11) is 0. The summed E-state index contributed by atoms with van der Waals surface area (Å²) in [6.07, 6.45) is 0. The van der Waals surface area contributed by atoms with E-state index in [1.54, 1.807) is 13.0 Å². The van der Waals surface area contributed by atoms with Gasteiger partial charge in [-0.1, -0.05) is 13.8 Å². The van der Waals surface area contributed by atoms with Crippen LogP contribution in [0.4, 0.5) is 5.69 Å². The SMILES string of the molecule is Cc1nc(C(C(C)C)C(C)Cl)ccc1[N+](=O)[O-]. The van der Waals surface area contributed by atoms with E-state index >= 15 is 0 Å². The van der Waals surface area contributed by atoms with Gasteiger partial charge in [0, 0.05) is 23.1 Å². The zero-order valence-electron chi connectivity index (χ0n) is 10.5. The van der Waals surface area contributed by atoms with Crippen LogP contribution in [0.1, 0.15) is 38.1 Å². The van der Waals surface area contributed by atoms with Crippen molar-refractivity contribution in [2.45, 2.75) is 39.0 Å². The van der Waals surface area contributed by atoms with Gasteiger partial charge in [-0.25, -0.2) is 0 Å². The van der Waals surface area contributed by atoms with Gasteiger partial charge < -0.3 is 0 Å². The van der Waals surface area contributed by atoms with Crippen molar-refractivity contribution in [3.05, 3.63) is 33.6 Å². The molecule has 2 atom stereocenters. The average Bonchev–Trinajstić information content (AvgIpc) is 2.15. The van der Waals surface area contributed by atoms with Crippen molar-refractivity contribution in [2.24, 2.45) is 5.92 Å². The molecule has 5 heteroatoms. The van der Waals surface area contributed by atoms with Crippen LogP contribution in [0.3, 0.4) is 0 Å². The molecule has 0 saturated carbocycles. The Morgan fingerprint density at radius 2 is 1.94 bits per heavy atom. The van der Waals surface area contributed by atoms with E-state index in [2.05, 4.69) is 18.8 Å². The highest BCUT2D eigenvalue weighted by molar-refractivity contribution is 6.20. The topological polar surface area (TPSA) is 56.0 Å². The number of nitro groups is 1. The van der Waals surface area contributed by atoms with E-state index in [0.717, 1.165) is 5.69 Å². The Hall–Kier alpha value is -1.16. The second-order valence-corrected chi connectivity index (χ2v) is 5.23. The molecule has 0 aromatic carbocycles. The lowest BCUT2D eigenvalue weighted by Crippen LogP contribution is -2.17. The minimum Gasteiger partial charge on any atom is -0.258 e. The average molecular weight is 257 g/mol. The van der Waals surface area contributed by atoms with Crippen molar-refractivity contribution in [2.75, 3.05) is 0 Å². The normalized spacial score (nSPS) is 14.7. The van der Waals surface area contributed by atoms with E-state index in [9.17, 15) is 10.1 Å². The van der Waals surface area contributed by atoms with Crippen molar-refractivity contribution >= 4 is 17.3 Å². The fraction of sp³-hybridized carbons (Fsp3) is 0.583. The Kier molecular flexibility index (Phi) is 4.46. The van der Waals surface area contributed by atoms with Gasteiger partial charge >= 0.3 is 0 Å². The van der Waals surface area contributed by atoms with Gasteiger partial charge in [-0.3, -0.25) is 15.1 Å². The maximum absolute atomic E-state index is 10.7. The molecule has 0 saturated heterocycles. The molecule has 0 N–H and O–H groups in total. The number of aromatic nitrogens is 1. The summed E-state index contributed by atoms with van der Waals surface area (Å²) in [5, 5.41) is 10.7. The zero-order valence-corrected chi connectivity index (χ0v) is 11.2. The largest absolute Gasteiger partial charge is 0.290 e. The number of halogens is 1. The lowest BCUT2D eigenvalue weighted by atomic mass is 9.89. The number of rotatable bonds is 4. The Bertz CT molecular complexity index is 411. The van der Waals surface area contributed by atoms with E-state index in [1.807, 2.05) is 6.92 Å². The highest BCUT2D eigenvalue weighted by Crippen LogP contribution is 2.31. The molecule has 0 aliphatic heterocycles. The molecule has 0 aliphatic carbocycles. The maximum atomic E-state index is 10.7. The minimum atomic E-state index is -0.416. The Morgan fingerprint density at radius 1 is 1.35 bits per heavy atom. The molecular weight excluding hydrogens is 240 g/mol. The number of alkyl halides is 1. The number of nitrogens with zero attached hydrogens (tertiary/aromatic N) is 2. The lowest BCUT2D eigenvalue weighted by molar-refractivity contribution is -0.385. The molecule has 0 amide bonds. The molecule has 1 heterocycles. The predicted molar refractivity (Wildman–Crippen MR) is 68.5 cm³/mol. The van der Waals surface area contributed by atoms with Crippen LogP contribution in [0.5, 0.6) is 0 Å². The van der Waals surface area contributed by atoms with Gasteiger partial charge in [0.25, 0.3) is 5.69 Å². The van der Waals surface area contributed by atoms with Gasteiger partial charge in [-0.05, 0) is 25.8 Å². The molecule has 1 aromatic rings. The highest BCUT2D eigenvalue weighted by atomic mass is 35.5. The van der Waals surface area contributed by atoms with Crippen molar-refractivity contribution in [3.8, 4) is 0 Å². The van der Waals surface area contributed by atoms with Crippen LogP contribution < -0.4 is 0 Å². The molecule has 1 aromatic heterocycles. The molecule has 4 nitrogen and oxygen atoms in total. The molecule has 2 unspecified atom stereocenters. The maximum Gasteiger partial charge on any atom is 0.290 e. The summed E-state index contributed by atoms with van der Waals surface area (Å²) >= 11 is 6.15. The van der Waals surface area contributed by atoms with Gasteiger partial charge in [0.15, 0.2) is 0 Å². The van der Waals surface area contributed by atoms with Crippen LogP contribution in [0.25, 0.3) is 0 Å². The molecule has 0 radical (unpaired) electrons. The van der Waals surface area contributed by atoms with Crippen molar-refractivity contribution in [3.63, 3.8) is 0 Å². The van der Waals surface area contributed by atoms with Crippen LogP contribution in [-0.2, 0) is 0 Å². The van der Waals surface area contributed by atoms with E-state index in [0.29, 0.717) is 11.6 Å². The summed E-state index contributed by atoms with van der Waals surface area (Å²) in [6.45, 7) is 7.71. The van der Waals surface area contributed by atoms with E-state index in [-0.39, 0.29) is 17.0 Å². The molecule has 1 rings (SSSR count). The second kappa shape index (κ2) is 5.45. The number of aryl methyl sites for hydroxylation is 1. The smallest absolute Gasteiger partial charge is 0.258 e. The van der Waals surface area contributed by atoms with Crippen molar-refractivity contribution < 1.29 is 4.92 Å². The third kappa shape index (κ3) is 3.16. The minimum absolute atomic E-state index is 0.0524. The number of pyridine rings is 1. The van der Waals surface area contributed by atoms with Crippen LogP contribution >= 0.6 is 11.6 Å². The Morgan fingerprint density at radius 3 is 2.29 bits per heavy atom. The standard InChI is InChI=1S/C12H17ClN2O2/c1-7(2)12(8(3)13)10-5-6-11(15(16)17)9(4)14-10/h5-8,12H,1-4H3. The zero-order chi connectivity index (χ0) is 13.2. The van der Waals surface area contributed by atoms with Crippen LogP contribution in [0, 0.1) is 23.0 Å². The van der Waals surface area contributed by atoms with Crippen LogP contribution in [0.15, 0.2) is 12.1 Å². The first-order valence-corrected chi connectivity index (χ1v) is 6.04. The third-order valence-electron chi connectivity index (χ3n) is 2.83. The molecule has 0 aliphatic rings. The van der Waals surface area contributed by atoms with Crippen molar-refractivity contribution in [1.82, 2.24) is 4.98 Å². The summed E-state index contributed by atoms with van der Waals surface area (Å²) in [6, 6.07) is 3.21. The Balaban J connectivity index is 3.15. The quantitative estimate of drug-likeness (QED) is 0.469. The number of hydrogen-bond donors (Lipinski definition) is 0. The van der Waals surface area contributed by atoms with Crippen LogP contribution in [-0.4, -0.2) is 15.3 Å². The predicted octanol–water partition coefficient (Wildman–Crippen LogP) is 3.67. The first-order valence-electron chi connectivity index (χ1n) is 5.60. The van der Waals surface area contributed by atoms with Gasteiger partial charge in [-0.2, -0.15) is 0 Å². The fourth-order valence-corrected chi connectivity index (χ4v) is 2.48. The third-order valence-corrected chi connectivity index (χ3v) is 3.10. The van der Waals surface area contributed by atoms with Gasteiger partial charge in [0.2, 0.25) is 0 Å². The molecule has 0 bridgehead atoms. The second-order valence-electron chi connectivity index (χ2n) is 4.55. The molecule has 0 fully saturated rings. The van der Waals surface area contributed by atoms with Crippen molar-refractivity contribution in [1.29, 1.82) is 0 Å². The van der Waals surface area contributed by atoms with E-state index < -0.39 is 4.92 Å². The van der Waals surface area contributed by atoms with Crippen LogP contribution in [0.2, 0.25) is 0 Å². The van der Waals surface area contributed by atoms with E-state index in [4.69, 9.17) is 11.6 Å². The first kappa shape index (κ1) is 13.9. The first-order chi connectivity index (χ1) is 7.84. The molecule has 0 spiro atoms. The number of hydrogen-bond acceptors (Lipinski definition) is 3. The summed E-state index contributed by atoms with van der Waals surface area (Å²) < 4.78 is 0. The van der Waals surface area contributed by atoms with Gasteiger partial charge in [-0.15, -0.1) is 11.6 Å². The summed E-state index contributed by atoms with van der Waals surface area (Å²) in [5.41, 5.74) is 1.32. The van der Waals surface area contributed by atoms with E-state index in [1.165, 1.54) is 6.07 Å².